The van der Waals surface area contributed by atoms with E-state index in [1.165, 1.54) is 0 Å². The predicted octanol–water partition coefficient (Wildman–Crippen LogP) is 5.52. The highest BCUT2D eigenvalue weighted by Gasteiger charge is 2.25. The molecule has 0 radical (unpaired) electrons. The number of nitrogens with one attached hydrogen (secondary N) is 2. The summed E-state index contributed by atoms with van der Waals surface area (Å²) in [5.74, 6) is 0.450. The molecule has 1 aliphatic rings. The van der Waals surface area contributed by atoms with Crippen LogP contribution in [0.3, 0.4) is 0 Å². The smallest absolute Gasteiger partial charge is 0.220 e. The molecule has 1 unspecified atom stereocenters. The van der Waals surface area contributed by atoms with Crippen LogP contribution in [0.15, 0.2) is 69.9 Å². The topological polar surface area (TPSA) is 118 Å². The van der Waals surface area contributed by atoms with Gasteiger partial charge in [0, 0.05) is 11.1 Å². The quantitative estimate of drug-likeness (QED) is 0.410. The fraction of sp³-hybridized carbons (Fsp3) is 0.190. The molecule has 2 N–H and O–H groups in total. The third-order valence-electron chi connectivity index (χ3n) is 4.52. The van der Waals surface area contributed by atoms with Gasteiger partial charge in [0.2, 0.25) is 9.82 Å². The van der Waals surface area contributed by atoms with Gasteiger partial charge in [0.05, 0.1) is 0 Å². The van der Waals surface area contributed by atoms with Crippen molar-refractivity contribution in [2.45, 2.75) is 19.8 Å². The summed E-state index contributed by atoms with van der Waals surface area (Å²) in [6, 6.07) is 14.6. The Bertz CT molecular complexity index is 954. The predicted molar refractivity (Wildman–Crippen MR) is 106 cm³/mol. The lowest BCUT2D eigenvalue weighted by Crippen LogP contribution is -2.18. The number of allylic oxidation sites excluding steroid dienone is 2. The number of benzene rings is 2. The maximum absolute atomic E-state index is 13.0. The van der Waals surface area contributed by atoms with E-state index in [0.29, 0.717) is 17.3 Å². The van der Waals surface area contributed by atoms with Crippen molar-refractivity contribution in [1.29, 1.82) is 11.1 Å². The van der Waals surface area contributed by atoms with E-state index < -0.39 is 0 Å². The number of carbonyl (C=O) groups is 1. The summed E-state index contributed by atoms with van der Waals surface area (Å²) in [6.07, 6.45) is 5.33. The van der Waals surface area contributed by atoms with Crippen molar-refractivity contribution < 1.29 is 4.79 Å². The molecule has 2 aromatic carbocycles. The molecule has 138 valence electrons. The highest BCUT2D eigenvalue weighted by Crippen LogP contribution is 2.32. The molecule has 3 rings (SSSR count). The van der Waals surface area contributed by atoms with Crippen molar-refractivity contribution in [2.75, 3.05) is 0 Å². The van der Waals surface area contributed by atoms with Gasteiger partial charge in [-0.25, -0.2) is 0 Å². The van der Waals surface area contributed by atoms with E-state index in [-0.39, 0.29) is 5.78 Å². The zero-order valence-electron chi connectivity index (χ0n) is 15.5. The van der Waals surface area contributed by atoms with Gasteiger partial charge < -0.3 is 0 Å². The van der Waals surface area contributed by atoms with E-state index in [9.17, 15) is 4.79 Å². The summed E-state index contributed by atoms with van der Waals surface area (Å²) in [6.45, 7) is 2.14. The lowest BCUT2D eigenvalue weighted by molar-refractivity contribution is -0.113. The van der Waals surface area contributed by atoms with Gasteiger partial charge in [-0.2, -0.15) is 0 Å². The van der Waals surface area contributed by atoms with Crippen LogP contribution in [0, 0.1) is 17.0 Å². The number of nitrogens with zero attached hydrogens (tertiary/aromatic N) is 4. The largest absolute Gasteiger partial charge is 0.289 e. The van der Waals surface area contributed by atoms with Crippen molar-refractivity contribution in [3.63, 3.8) is 0 Å². The Morgan fingerprint density at radius 2 is 1.21 bits per heavy atom. The van der Waals surface area contributed by atoms with Crippen molar-refractivity contribution in [3.05, 3.63) is 70.8 Å². The average Bonchev–Trinajstić information content (AvgIpc) is 2.69. The Balaban J connectivity index is 1.87. The molecule has 0 saturated heterocycles. The highest BCUT2D eigenvalue weighted by atomic mass is 16.1. The molecule has 0 heterocycles. The Hall–Kier alpha value is -3.79. The maximum Gasteiger partial charge on any atom is 0.220 e. The minimum Gasteiger partial charge on any atom is -0.289 e. The number of Topliss-reactive ketones (excluding diaryl/α,β-unsaturated/α-hetero) is 1. The summed E-state index contributed by atoms with van der Waals surface area (Å²) in [4.78, 5) is 19.0. The van der Waals surface area contributed by atoms with Gasteiger partial charge >= 0.3 is 0 Å². The number of hydrogen-bond donors (Lipinski definition) is 2. The summed E-state index contributed by atoms with van der Waals surface area (Å²) in [5.41, 5.74) is 18.2. The molecular formula is C21H20N6O+2. The maximum atomic E-state index is 13.0. The average molecular weight is 372 g/mol. The molecular weight excluding hydrogens is 352 g/mol. The zero-order valence-corrected chi connectivity index (χ0v) is 15.5. The lowest BCUT2D eigenvalue weighted by atomic mass is 9.81. The molecule has 0 aliphatic heterocycles. The molecule has 28 heavy (non-hydrogen) atoms. The number of hydrogen-bond acceptors (Lipinski definition) is 5. The van der Waals surface area contributed by atoms with Crippen molar-refractivity contribution in [2.24, 2.45) is 16.1 Å². The molecule has 7 heteroatoms. The van der Waals surface area contributed by atoms with E-state index in [0.717, 1.165) is 35.1 Å². The van der Waals surface area contributed by atoms with E-state index in [1.54, 1.807) is 24.3 Å². The van der Waals surface area contributed by atoms with Gasteiger partial charge in [0.25, 0.3) is 0 Å². The molecule has 7 nitrogen and oxygen atoms in total. The number of ketones is 1. The van der Waals surface area contributed by atoms with Gasteiger partial charge in [-0.3, -0.25) is 4.79 Å². The van der Waals surface area contributed by atoms with Gasteiger partial charge in [-0.15, -0.1) is 0 Å². The van der Waals surface area contributed by atoms with E-state index >= 15 is 0 Å². The minimum absolute atomic E-state index is 0.0722. The van der Waals surface area contributed by atoms with Crippen LogP contribution in [-0.4, -0.2) is 5.78 Å². The third kappa shape index (κ3) is 4.68. The van der Waals surface area contributed by atoms with Gasteiger partial charge in [-0.05, 0) is 66.3 Å². The second kappa shape index (κ2) is 8.73. The van der Waals surface area contributed by atoms with E-state index in [1.807, 2.05) is 36.4 Å². The Kier molecular flexibility index (Phi) is 5.92. The fourth-order valence-electron chi connectivity index (χ4n) is 3.26. The standard InChI is InChI=1S/C21H20N6O/c1-14-10-17(12-15-2-6-19(7-3-15)24-26-22)21(28)18(11-14)13-16-4-8-20(9-5-16)25-27-23/h2-9,12-14,22-23H,10-11H2,1H3/q+2/b17-12-,18-13+. The van der Waals surface area contributed by atoms with Crippen LogP contribution in [0.4, 0.5) is 11.4 Å². The van der Waals surface area contributed by atoms with Gasteiger partial charge in [-0.1, -0.05) is 31.2 Å². The number of carbonyl (C=O) groups excluding carboxylic acids is 1. The Morgan fingerprint density at radius 3 is 1.57 bits per heavy atom. The first kappa shape index (κ1) is 19.0. The van der Waals surface area contributed by atoms with Crippen LogP contribution < -0.4 is 9.82 Å². The first-order valence-corrected chi connectivity index (χ1v) is 8.90. The van der Waals surface area contributed by atoms with Crippen LogP contribution in [0.5, 0.6) is 0 Å². The van der Waals surface area contributed by atoms with Crippen LogP contribution in [0.1, 0.15) is 30.9 Å². The van der Waals surface area contributed by atoms with Crippen LogP contribution in [-0.2, 0) is 4.79 Å². The molecule has 0 spiro atoms. The van der Waals surface area contributed by atoms with Gasteiger partial charge in [0.1, 0.15) is 11.1 Å². The fourth-order valence-corrected chi connectivity index (χ4v) is 3.26. The lowest BCUT2D eigenvalue weighted by Gasteiger charge is -2.22. The zero-order chi connectivity index (χ0) is 19.9. The first-order chi connectivity index (χ1) is 13.6. The van der Waals surface area contributed by atoms with Crippen LogP contribution >= 0.6 is 0 Å². The van der Waals surface area contributed by atoms with Crippen molar-refractivity contribution in [3.8, 4) is 0 Å². The minimum atomic E-state index is 0.0722. The van der Waals surface area contributed by atoms with E-state index in [4.69, 9.17) is 11.1 Å². The summed E-state index contributed by atoms with van der Waals surface area (Å²) >= 11 is 0. The molecule has 0 amide bonds. The molecule has 2 aromatic rings. The van der Waals surface area contributed by atoms with Crippen molar-refractivity contribution >= 4 is 29.3 Å². The first-order valence-electron chi connectivity index (χ1n) is 8.90. The normalized spacial score (nSPS) is 19.2. The Labute approximate surface area is 162 Å². The van der Waals surface area contributed by atoms with Crippen molar-refractivity contribution in [1.82, 2.24) is 9.82 Å². The van der Waals surface area contributed by atoms with Crippen LogP contribution in [0.25, 0.3) is 12.2 Å². The molecule has 1 fully saturated rings. The molecule has 0 aromatic heterocycles. The SMILES string of the molecule is CC1C/C(=C/c2ccc(N=[N+]=N)cc2)C(=O)/C(=C/c2ccc(N=[N+]=N)cc2)C1. The summed E-state index contributed by atoms with van der Waals surface area (Å²) in [5, 5.41) is 7.34. The van der Waals surface area contributed by atoms with E-state index in [2.05, 4.69) is 27.0 Å². The molecule has 1 saturated carbocycles. The molecule has 0 bridgehead atoms. The second-order valence-electron chi connectivity index (χ2n) is 6.76. The van der Waals surface area contributed by atoms with Gasteiger partial charge in [0.15, 0.2) is 27.4 Å². The highest BCUT2D eigenvalue weighted by molar-refractivity contribution is 6.14. The third-order valence-corrected chi connectivity index (χ3v) is 4.52. The number of rotatable bonds is 4. The van der Waals surface area contributed by atoms with Crippen LogP contribution in [0.2, 0.25) is 0 Å². The molecule has 1 atom stereocenters. The Morgan fingerprint density at radius 1 is 0.821 bits per heavy atom. The summed E-state index contributed by atoms with van der Waals surface area (Å²) in [7, 11) is 0. The monoisotopic (exact) mass is 372 g/mol. The molecule has 1 aliphatic carbocycles. The summed E-state index contributed by atoms with van der Waals surface area (Å²) < 4.78 is 0. The second-order valence-corrected chi connectivity index (χ2v) is 6.76.